The first-order chi connectivity index (χ1) is 16.1. The summed E-state index contributed by atoms with van der Waals surface area (Å²) in [5.41, 5.74) is 2.15. The van der Waals surface area contributed by atoms with Crippen molar-refractivity contribution in [1.82, 2.24) is 24.6 Å². The smallest absolute Gasteiger partial charge is 0.410 e. The van der Waals surface area contributed by atoms with Gasteiger partial charge in [-0.25, -0.2) is 9.78 Å². The van der Waals surface area contributed by atoms with Crippen molar-refractivity contribution in [2.75, 3.05) is 26.2 Å². The van der Waals surface area contributed by atoms with Crippen LogP contribution in [0.5, 0.6) is 5.88 Å². The van der Waals surface area contributed by atoms with Gasteiger partial charge in [-0.05, 0) is 52.8 Å². The molecule has 0 bridgehead atoms. The summed E-state index contributed by atoms with van der Waals surface area (Å²) in [4.78, 5) is 21.8. The number of amides is 1. The van der Waals surface area contributed by atoms with Crippen molar-refractivity contribution in [3.63, 3.8) is 0 Å². The average Bonchev–Trinajstić information content (AvgIpc) is 3.13. The zero-order valence-electron chi connectivity index (χ0n) is 23.0. The van der Waals surface area contributed by atoms with E-state index in [2.05, 4.69) is 49.6 Å². The van der Waals surface area contributed by atoms with Crippen LogP contribution in [0.2, 0.25) is 25.7 Å². The highest BCUT2D eigenvalue weighted by Crippen LogP contribution is 2.29. The highest BCUT2D eigenvalue weighted by Gasteiger charge is 2.37. The van der Waals surface area contributed by atoms with Crippen LogP contribution < -0.4 is 4.74 Å². The van der Waals surface area contributed by atoms with E-state index in [-0.39, 0.29) is 11.6 Å². The lowest BCUT2D eigenvalue weighted by molar-refractivity contribution is -0.0180. The lowest BCUT2D eigenvalue weighted by atomic mass is 9.98. The second kappa shape index (κ2) is 10.3. The lowest BCUT2D eigenvalue weighted by Gasteiger charge is -2.47. The standard InChI is InChI=1S/C26H43N5O3Si/c1-25(2,3)34-24(32)30-14-15-31(26(4,5)19-30)18-20-10-11-21(22-12-13-27-29(22)6)28-23(20)33-16-17-35(7,8)9/h10-13H,14-19H2,1-9H3. The highest BCUT2D eigenvalue weighted by molar-refractivity contribution is 6.76. The van der Waals surface area contributed by atoms with E-state index in [0.717, 1.165) is 29.5 Å². The Hall–Kier alpha value is -2.39. The molecule has 0 spiro atoms. The van der Waals surface area contributed by atoms with E-state index in [1.54, 1.807) is 6.20 Å². The van der Waals surface area contributed by atoms with Crippen molar-refractivity contribution in [1.29, 1.82) is 0 Å². The SMILES string of the molecule is Cn1nccc1-c1ccc(CN2CCN(C(=O)OC(C)(C)C)CC2(C)C)c(OCC[Si](C)(C)C)n1. The maximum absolute atomic E-state index is 12.6. The van der Waals surface area contributed by atoms with Crippen LogP contribution in [0.15, 0.2) is 24.4 Å². The number of piperazine rings is 1. The van der Waals surface area contributed by atoms with Crippen molar-refractivity contribution < 1.29 is 14.3 Å². The van der Waals surface area contributed by atoms with Gasteiger partial charge in [0.25, 0.3) is 0 Å². The van der Waals surface area contributed by atoms with Crippen LogP contribution in [-0.4, -0.2) is 76.1 Å². The molecular formula is C26H43N5O3Si. The van der Waals surface area contributed by atoms with Crippen LogP contribution in [0.25, 0.3) is 11.4 Å². The van der Waals surface area contributed by atoms with Crippen molar-refractivity contribution in [3.8, 4) is 17.3 Å². The van der Waals surface area contributed by atoms with Gasteiger partial charge in [0.1, 0.15) is 5.60 Å². The normalized spacial score (nSPS) is 16.9. The van der Waals surface area contributed by atoms with Gasteiger partial charge in [-0.2, -0.15) is 5.10 Å². The number of aromatic nitrogens is 3. The van der Waals surface area contributed by atoms with E-state index in [0.29, 0.717) is 32.1 Å². The molecule has 0 aromatic carbocycles. The Morgan fingerprint density at radius 1 is 1.14 bits per heavy atom. The summed E-state index contributed by atoms with van der Waals surface area (Å²) in [5.74, 6) is 0.687. The summed E-state index contributed by atoms with van der Waals surface area (Å²) in [6, 6.07) is 7.20. The fourth-order valence-electron chi connectivity index (χ4n) is 4.11. The Balaban J connectivity index is 1.79. The van der Waals surface area contributed by atoms with Gasteiger partial charge in [0.05, 0.1) is 18.0 Å². The van der Waals surface area contributed by atoms with E-state index < -0.39 is 13.7 Å². The molecule has 8 nitrogen and oxygen atoms in total. The van der Waals surface area contributed by atoms with Crippen LogP contribution in [0.1, 0.15) is 40.2 Å². The van der Waals surface area contributed by atoms with Gasteiger partial charge in [0, 0.05) is 58.6 Å². The Morgan fingerprint density at radius 2 is 1.86 bits per heavy atom. The molecule has 9 heteroatoms. The van der Waals surface area contributed by atoms with Crippen LogP contribution in [0.3, 0.4) is 0 Å². The molecule has 1 amide bonds. The molecule has 0 radical (unpaired) electrons. The first-order valence-electron chi connectivity index (χ1n) is 12.5. The zero-order chi connectivity index (χ0) is 26.0. The number of carbonyl (C=O) groups excluding carboxylic acids is 1. The highest BCUT2D eigenvalue weighted by atomic mass is 28.3. The van der Waals surface area contributed by atoms with Gasteiger partial charge >= 0.3 is 6.09 Å². The monoisotopic (exact) mass is 501 g/mol. The number of pyridine rings is 1. The Morgan fingerprint density at radius 3 is 2.43 bits per heavy atom. The molecule has 0 unspecified atom stereocenters. The predicted octanol–water partition coefficient (Wildman–Crippen LogP) is 5.03. The summed E-state index contributed by atoms with van der Waals surface area (Å²) < 4.78 is 13.7. The molecule has 3 rings (SSSR count). The predicted molar refractivity (Wildman–Crippen MR) is 142 cm³/mol. The largest absolute Gasteiger partial charge is 0.478 e. The molecule has 1 fully saturated rings. The maximum Gasteiger partial charge on any atom is 0.410 e. The molecule has 1 aliphatic heterocycles. The maximum atomic E-state index is 12.6. The number of carbonyl (C=O) groups is 1. The molecule has 0 N–H and O–H groups in total. The molecule has 0 aliphatic carbocycles. The Kier molecular flexibility index (Phi) is 8.01. The molecule has 0 saturated carbocycles. The summed E-state index contributed by atoms with van der Waals surface area (Å²) >= 11 is 0. The number of ether oxygens (including phenoxy) is 2. The molecule has 1 aliphatic rings. The van der Waals surface area contributed by atoms with E-state index >= 15 is 0 Å². The van der Waals surface area contributed by atoms with Crippen LogP contribution in [-0.2, 0) is 18.3 Å². The average molecular weight is 502 g/mol. The Labute approximate surface area is 211 Å². The second-order valence-electron chi connectivity index (χ2n) is 12.3. The quantitative estimate of drug-likeness (QED) is 0.496. The minimum Gasteiger partial charge on any atom is -0.478 e. The minimum absolute atomic E-state index is 0.217. The fourth-order valence-corrected chi connectivity index (χ4v) is 4.82. The van der Waals surface area contributed by atoms with Crippen molar-refractivity contribution in [3.05, 3.63) is 30.0 Å². The molecular weight excluding hydrogens is 458 g/mol. The van der Waals surface area contributed by atoms with Crippen LogP contribution in [0, 0.1) is 0 Å². The summed E-state index contributed by atoms with van der Waals surface area (Å²) in [5, 5.41) is 4.29. The van der Waals surface area contributed by atoms with Gasteiger partial charge < -0.3 is 14.4 Å². The molecule has 2 aromatic rings. The lowest BCUT2D eigenvalue weighted by Crippen LogP contribution is -2.60. The number of nitrogens with zero attached hydrogens (tertiary/aromatic N) is 5. The minimum atomic E-state index is -1.23. The first-order valence-corrected chi connectivity index (χ1v) is 16.2. The number of aryl methyl sites for hydroxylation is 1. The summed E-state index contributed by atoms with van der Waals surface area (Å²) in [7, 11) is 0.688. The van der Waals surface area contributed by atoms with Crippen LogP contribution in [0.4, 0.5) is 4.79 Å². The third-order valence-electron chi connectivity index (χ3n) is 6.20. The number of hydrogen-bond acceptors (Lipinski definition) is 6. The van der Waals surface area contributed by atoms with E-state index in [4.69, 9.17) is 14.5 Å². The van der Waals surface area contributed by atoms with Crippen molar-refractivity contribution in [2.45, 2.75) is 78.0 Å². The summed E-state index contributed by atoms with van der Waals surface area (Å²) in [6.07, 6.45) is 1.53. The number of rotatable bonds is 7. The van der Waals surface area contributed by atoms with Gasteiger partial charge in [0.15, 0.2) is 0 Å². The first kappa shape index (κ1) is 27.2. The van der Waals surface area contributed by atoms with Crippen molar-refractivity contribution in [2.24, 2.45) is 7.05 Å². The topological polar surface area (TPSA) is 72.7 Å². The zero-order valence-corrected chi connectivity index (χ0v) is 24.0. The molecule has 194 valence electrons. The van der Waals surface area contributed by atoms with Gasteiger partial charge in [-0.3, -0.25) is 9.58 Å². The number of hydrogen-bond donors (Lipinski definition) is 0. The molecule has 3 heterocycles. The van der Waals surface area contributed by atoms with Crippen LogP contribution >= 0.6 is 0 Å². The molecule has 35 heavy (non-hydrogen) atoms. The van der Waals surface area contributed by atoms with E-state index in [1.165, 1.54) is 0 Å². The van der Waals surface area contributed by atoms with E-state index in [9.17, 15) is 4.79 Å². The summed E-state index contributed by atoms with van der Waals surface area (Å²) in [6.45, 7) is 20.5. The van der Waals surface area contributed by atoms with Gasteiger partial charge in [-0.15, -0.1) is 0 Å². The third-order valence-corrected chi connectivity index (χ3v) is 7.90. The molecule has 1 saturated heterocycles. The fraction of sp³-hybridized carbons (Fsp3) is 0.654. The van der Waals surface area contributed by atoms with Gasteiger partial charge in [-0.1, -0.05) is 25.7 Å². The van der Waals surface area contributed by atoms with E-state index in [1.807, 2.05) is 49.5 Å². The molecule has 2 aromatic heterocycles. The van der Waals surface area contributed by atoms with Crippen molar-refractivity contribution >= 4 is 14.2 Å². The van der Waals surface area contributed by atoms with Gasteiger partial charge in [0.2, 0.25) is 5.88 Å². The second-order valence-corrected chi connectivity index (χ2v) is 17.9. The third kappa shape index (κ3) is 7.54. The Bertz CT molecular complexity index is 1020. The molecule has 0 atom stereocenters.